The van der Waals surface area contributed by atoms with E-state index in [4.69, 9.17) is 0 Å². The molecule has 6 aromatic carbocycles. The molecule has 0 radical (unpaired) electrons. The molecule has 0 bridgehead atoms. The minimum Gasteiger partial charge on any atom is -0.0619 e. The van der Waals surface area contributed by atoms with Crippen molar-refractivity contribution in [3.63, 3.8) is 0 Å². The molecule has 2 aliphatic carbocycles. The van der Waals surface area contributed by atoms with E-state index in [1.807, 2.05) is 0 Å². The van der Waals surface area contributed by atoms with E-state index in [2.05, 4.69) is 121 Å². The van der Waals surface area contributed by atoms with Crippen LogP contribution in [-0.4, -0.2) is 0 Å². The van der Waals surface area contributed by atoms with E-state index in [1.54, 1.807) is 0 Å². The van der Waals surface area contributed by atoms with Crippen molar-refractivity contribution in [2.45, 2.75) is 12.8 Å². The maximum Gasteiger partial charge on any atom is -0.000729 e. The van der Waals surface area contributed by atoms with Gasteiger partial charge in [0.25, 0.3) is 0 Å². The molecule has 0 unspecified atom stereocenters. The van der Waals surface area contributed by atoms with Gasteiger partial charge in [0.15, 0.2) is 0 Å². The zero-order valence-electron chi connectivity index (χ0n) is 19.0. The second-order valence-electron chi connectivity index (χ2n) is 9.29. The first-order valence-electron chi connectivity index (χ1n) is 12.0. The lowest BCUT2D eigenvalue weighted by atomic mass is 9.99. The highest BCUT2D eigenvalue weighted by Crippen LogP contribution is 2.41. The minimum absolute atomic E-state index is 1.08. The molecule has 0 saturated carbocycles. The Morgan fingerprint density at radius 2 is 0.735 bits per heavy atom. The van der Waals surface area contributed by atoms with Crippen LogP contribution in [0.25, 0.3) is 43.8 Å². The molecule has 34 heavy (non-hydrogen) atoms. The first-order chi connectivity index (χ1) is 16.9. The zero-order chi connectivity index (χ0) is 22.5. The normalized spacial score (nSPS) is 12.5. The van der Waals surface area contributed by atoms with Crippen LogP contribution < -0.4 is 0 Å². The Bertz CT molecular complexity index is 1570. The summed E-state index contributed by atoms with van der Waals surface area (Å²) < 4.78 is 0. The summed E-state index contributed by atoms with van der Waals surface area (Å²) in [4.78, 5) is 0. The monoisotopic (exact) mass is 432 g/mol. The van der Waals surface area contributed by atoms with Gasteiger partial charge in [-0.2, -0.15) is 0 Å². The van der Waals surface area contributed by atoms with Crippen molar-refractivity contribution in [3.8, 4) is 22.3 Å². The average Bonchev–Trinajstić information content (AvgIpc) is 3.48. The van der Waals surface area contributed by atoms with E-state index < -0.39 is 0 Å². The summed E-state index contributed by atoms with van der Waals surface area (Å²) in [6.07, 6.45) is 2.15. The van der Waals surface area contributed by atoms with Gasteiger partial charge in [0.2, 0.25) is 0 Å². The SMILES string of the molecule is c1ccc2c(c1)Cc1c-2ccc2ccccc12.c1ccc2c(c1)Cc1c-2ccc2ccccc12. The van der Waals surface area contributed by atoms with Crippen LogP contribution in [0.2, 0.25) is 0 Å². The minimum atomic E-state index is 1.08. The molecular weight excluding hydrogens is 408 g/mol. The Morgan fingerprint density at radius 1 is 0.324 bits per heavy atom. The fourth-order valence-corrected chi connectivity index (χ4v) is 5.81. The highest BCUT2D eigenvalue weighted by molar-refractivity contribution is 5.96. The molecule has 0 spiro atoms. The lowest BCUT2D eigenvalue weighted by Crippen LogP contribution is -1.83. The van der Waals surface area contributed by atoms with Crippen molar-refractivity contribution in [2.75, 3.05) is 0 Å². The van der Waals surface area contributed by atoms with Crippen LogP contribution >= 0.6 is 0 Å². The number of hydrogen-bond donors (Lipinski definition) is 0. The number of fused-ring (bicyclic) bond motifs is 10. The zero-order valence-corrected chi connectivity index (χ0v) is 19.0. The third-order valence-electron chi connectivity index (χ3n) is 7.43. The number of rotatable bonds is 0. The molecule has 6 aromatic rings. The predicted octanol–water partition coefficient (Wildman–Crippen LogP) is 8.82. The lowest BCUT2D eigenvalue weighted by Gasteiger charge is -2.05. The van der Waals surface area contributed by atoms with Gasteiger partial charge in [0.05, 0.1) is 0 Å². The van der Waals surface area contributed by atoms with Gasteiger partial charge in [0.1, 0.15) is 0 Å². The summed E-state index contributed by atoms with van der Waals surface area (Å²) >= 11 is 0. The third-order valence-corrected chi connectivity index (χ3v) is 7.43. The maximum absolute atomic E-state index is 2.27. The summed E-state index contributed by atoms with van der Waals surface area (Å²) in [5.41, 5.74) is 11.5. The molecule has 2 aliphatic rings. The van der Waals surface area contributed by atoms with E-state index in [-0.39, 0.29) is 0 Å². The molecule has 0 fully saturated rings. The Kier molecular flexibility index (Phi) is 4.38. The maximum atomic E-state index is 2.27. The van der Waals surface area contributed by atoms with Crippen LogP contribution in [0.15, 0.2) is 121 Å². The Labute approximate surface area is 200 Å². The molecule has 0 atom stereocenters. The van der Waals surface area contributed by atoms with Crippen LogP contribution in [0.1, 0.15) is 22.3 Å². The number of hydrogen-bond acceptors (Lipinski definition) is 0. The summed E-state index contributed by atoms with van der Waals surface area (Å²) in [5.74, 6) is 0. The molecule has 160 valence electrons. The highest BCUT2D eigenvalue weighted by atomic mass is 14.2. The fraction of sp³-hybridized carbons (Fsp3) is 0.0588. The second kappa shape index (κ2) is 7.71. The van der Waals surface area contributed by atoms with Crippen molar-refractivity contribution >= 4 is 21.5 Å². The van der Waals surface area contributed by atoms with E-state index in [1.165, 1.54) is 66.1 Å². The summed E-state index contributed by atoms with van der Waals surface area (Å²) in [6, 6.07) is 43.8. The van der Waals surface area contributed by atoms with Crippen molar-refractivity contribution in [2.24, 2.45) is 0 Å². The molecule has 0 N–H and O–H groups in total. The van der Waals surface area contributed by atoms with E-state index >= 15 is 0 Å². The van der Waals surface area contributed by atoms with Gasteiger partial charge in [-0.05, 0) is 78.9 Å². The van der Waals surface area contributed by atoms with Crippen molar-refractivity contribution in [1.82, 2.24) is 0 Å². The van der Waals surface area contributed by atoms with Crippen LogP contribution in [0.3, 0.4) is 0 Å². The smallest absolute Gasteiger partial charge is 0.000729 e. The van der Waals surface area contributed by atoms with Crippen molar-refractivity contribution in [3.05, 3.63) is 144 Å². The van der Waals surface area contributed by atoms with Crippen LogP contribution in [-0.2, 0) is 12.8 Å². The topological polar surface area (TPSA) is 0 Å². The van der Waals surface area contributed by atoms with Gasteiger partial charge in [0, 0.05) is 0 Å². The molecule has 8 rings (SSSR count). The number of benzene rings is 6. The fourth-order valence-electron chi connectivity index (χ4n) is 5.81. The molecule has 0 saturated heterocycles. The standard InChI is InChI=1S/2C17H12/c2*1-3-7-14-12(5-1)9-10-16-15-8-4-2-6-13(15)11-17(14)16/h2*1-10H,11H2. The van der Waals surface area contributed by atoms with Gasteiger partial charge in [-0.3, -0.25) is 0 Å². The van der Waals surface area contributed by atoms with Gasteiger partial charge in [-0.15, -0.1) is 0 Å². The van der Waals surface area contributed by atoms with Crippen molar-refractivity contribution in [1.29, 1.82) is 0 Å². The predicted molar refractivity (Wildman–Crippen MR) is 144 cm³/mol. The van der Waals surface area contributed by atoms with E-state index in [0.717, 1.165) is 12.8 Å². The van der Waals surface area contributed by atoms with E-state index in [0.29, 0.717) is 0 Å². The van der Waals surface area contributed by atoms with Gasteiger partial charge in [-0.1, -0.05) is 121 Å². The Morgan fingerprint density at radius 3 is 1.24 bits per heavy atom. The largest absolute Gasteiger partial charge is 0.0619 e. The third kappa shape index (κ3) is 2.99. The van der Waals surface area contributed by atoms with Gasteiger partial charge >= 0.3 is 0 Å². The van der Waals surface area contributed by atoms with Crippen molar-refractivity contribution < 1.29 is 0 Å². The van der Waals surface area contributed by atoms with Crippen LogP contribution in [0, 0.1) is 0 Å². The molecule has 0 aliphatic heterocycles. The quantitative estimate of drug-likeness (QED) is 0.224. The summed E-state index contributed by atoms with van der Waals surface area (Å²) in [7, 11) is 0. The highest BCUT2D eigenvalue weighted by Gasteiger charge is 2.20. The molecule has 0 nitrogen and oxygen atoms in total. The van der Waals surface area contributed by atoms with Gasteiger partial charge < -0.3 is 0 Å². The molecule has 0 heteroatoms. The Hall–Kier alpha value is -4.16. The summed E-state index contributed by atoms with van der Waals surface area (Å²) in [6.45, 7) is 0. The first kappa shape index (κ1) is 19.3. The first-order valence-corrected chi connectivity index (χ1v) is 12.0. The second-order valence-corrected chi connectivity index (χ2v) is 9.29. The van der Waals surface area contributed by atoms with Gasteiger partial charge in [-0.25, -0.2) is 0 Å². The average molecular weight is 433 g/mol. The molecule has 0 heterocycles. The summed E-state index contributed by atoms with van der Waals surface area (Å²) in [5, 5.41) is 5.50. The van der Waals surface area contributed by atoms with Crippen LogP contribution in [0.5, 0.6) is 0 Å². The molecular formula is C34H24. The van der Waals surface area contributed by atoms with E-state index in [9.17, 15) is 0 Å². The Balaban J connectivity index is 0.000000118. The molecule has 0 aromatic heterocycles. The molecule has 0 amide bonds. The van der Waals surface area contributed by atoms with Crippen LogP contribution in [0.4, 0.5) is 0 Å². The lowest BCUT2D eigenvalue weighted by molar-refractivity contribution is 1.28.